The van der Waals surface area contributed by atoms with Gasteiger partial charge in [-0.05, 0) is 47.6 Å². The number of fused-ring (bicyclic) bond motifs is 1. The number of halogens is 1. The van der Waals surface area contributed by atoms with Crippen LogP contribution in [0.3, 0.4) is 0 Å². The van der Waals surface area contributed by atoms with E-state index in [0.717, 1.165) is 16.5 Å². The van der Waals surface area contributed by atoms with Gasteiger partial charge in [0.05, 0.1) is 0 Å². The van der Waals surface area contributed by atoms with Gasteiger partial charge in [-0.25, -0.2) is 0 Å². The lowest BCUT2D eigenvalue weighted by Crippen LogP contribution is -1.82. The Hall–Kier alpha value is -1.84. The van der Waals surface area contributed by atoms with Crippen LogP contribution in [0, 0.1) is 4.71 Å². The van der Waals surface area contributed by atoms with Crippen LogP contribution < -0.4 is 0 Å². The molecule has 0 aliphatic heterocycles. The molecule has 0 atom stereocenters. The standard InChI is InChI=1S/C15H9ClO2S/c16-10-3-1-9(2-4-10)13-8-15(19)18-14-7-11(17)5-6-12(13)14/h1-8,17H. The molecule has 94 valence electrons. The van der Waals surface area contributed by atoms with E-state index >= 15 is 0 Å². The lowest BCUT2D eigenvalue weighted by atomic mass is 10.0. The van der Waals surface area contributed by atoms with Crippen LogP contribution in [0.1, 0.15) is 0 Å². The van der Waals surface area contributed by atoms with Crippen molar-refractivity contribution < 1.29 is 9.52 Å². The number of phenols is 1. The maximum atomic E-state index is 9.51. The normalized spacial score (nSPS) is 10.8. The van der Waals surface area contributed by atoms with Gasteiger partial charge in [0, 0.05) is 22.5 Å². The highest BCUT2D eigenvalue weighted by Gasteiger charge is 2.07. The molecule has 3 rings (SSSR count). The fraction of sp³-hybridized carbons (Fsp3) is 0. The molecule has 0 radical (unpaired) electrons. The summed E-state index contributed by atoms with van der Waals surface area (Å²) in [7, 11) is 0. The van der Waals surface area contributed by atoms with Crippen LogP contribution in [0.5, 0.6) is 5.75 Å². The molecule has 3 aromatic rings. The van der Waals surface area contributed by atoms with Gasteiger partial charge >= 0.3 is 0 Å². The minimum absolute atomic E-state index is 0.152. The molecular weight excluding hydrogens is 280 g/mol. The molecule has 4 heteroatoms. The molecule has 2 aromatic carbocycles. The van der Waals surface area contributed by atoms with Crippen molar-refractivity contribution in [3.63, 3.8) is 0 Å². The Balaban J connectivity index is 2.34. The summed E-state index contributed by atoms with van der Waals surface area (Å²) in [5, 5.41) is 11.1. The Bertz CT molecular complexity index is 806. The van der Waals surface area contributed by atoms with Crippen LogP contribution in [0.15, 0.2) is 52.9 Å². The summed E-state index contributed by atoms with van der Waals surface area (Å²) in [5.74, 6) is 0.152. The van der Waals surface area contributed by atoms with Gasteiger partial charge in [-0.1, -0.05) is 23.7 Å². The van der Waals surface area contributed by atoms with Crippen molar-refractivity contribution in [2.45, 2.75) is 0 Å². The minimum Gasteiger partial charge on any atom is -0.508 e. The lowest BCUT2D eigenvalue weighted by Gasteiger charge is -2.06. The average Bonchev–Trinajstić information content (AvgIpc) is 2.38. The summed E-state index contributed by atoms with van der Waals surface area (Å²) in [6.07, 6.45) is 0. The molecule has 0 unspecified atom stereocenters. The first-order valence-corrected chi connectivity index (χ1v) is 6.45. The van der Waals surface area contributed by atoms with E-state index in [1.54, 1.807) is 18.2 Å². The molecule has 0 amide bonds. The van der Waals surface area contributed by atoms with E-state index < -0.39 is 0 Å². The van der Waals surface area contributed by atoms with E-state index in [9.17, 15) is 5.11 Å². The maximum Gasteiger partial charge on any atom is 0.191 e. The molecule has 0 bridgehead atoms. The number of rotatable bonds is 1. The van der Waals surface area contributed by atoms with Crippen molar-refractivity contribution in [3.05, 3.63) is 58.3 Å². The van der Waals surface area contributed by atoms with Crippen LogP contribution in [-0.2, 0) is 0 Å². The third-order valence-corrected chi connectivity index (χ3v) is 3.34. The summed E-state index contributed by atoms with van der Waals surface area (Å²) < 4.78 is 5.83. The van der Waals surface area contributed by atoms with Crippen molar-refractivity contribution in [1.29, 1.82) is 0 Å². The smallest absolute Gasteiger partial charge is 0.191 e. The van der Waals surface area contributed by atoms with Crippen LogP contribution in [0.2, 0.25) is 5.02 Å². The molecule has 0 aliphatic carbocycles. The molecule has 0 saturated carbocycles. The lowest BCUT2D eigenvalue weighted by molar-refractivity contribution is 0.474. The van der Waals surface area contributed by atoms with E-state index in [1.165, 1.54) is 0 Å². The predicted molar refractivity (Wildman–Crippen MR) is 79.2 cm³/mol. The van der Waals surface area contributed by atoms with Gasteiger partial charge < -0.3 is 9.52 Å². The number of hydrogen-bond donors (Lipinski definition) is 1. The fourth-order valence-electron chi connectivity index (χ4n) is 2.02. The maximum absolute atomic E-state index is 9.51. The number of benzene rings is 2. The molecule has 0 fully saturated rings. The van der Waals surface area contributed by atoms with Gasteiger partial charge in [0.15, 0.2) is 4.71 Å². The van der Waals surface area contributed by atoms with Crippen molar-refractivity contribution in [3.8, 4) is 16.9 Å². The van der Waals surface area contributed by atoms with Crippen LogP contribution in [-0.4, -0.2) is 5.11 Å². The molecule has 2 nitrogen and oxygen atoms in total. The molecule has 0 aliphatic rings. The Morgan fingerprint density at radius 1 is 1.00 bits per heavy atom. The van der Waals surface area contributed by atoms with Crippen LogP contribution in [0.4, 0.5) is 0 Å². The predicted octanol–water partition coefficient (Wildman–Crippen LogP) is 5.19. The van der Waals surface area contributed by atoms with E-state index in [-0.39, 0.29) is 5.75 Å². The molecule has 1 N–H and O–H groups in total. The Kier molecular flexibility index (Phi) is 3.01. The molecule has 0 spiro atoms. The fourth-order valence-corrected chi connectivity index (χ4v) is 2.35. The van der Waals surface area contributed by atoms with Gasteiger partial charge in [0.1, 0.15) is 11.3 Å². The van der Waals surface area contributed by atoms with Gasteiger partial charge in [-0.3, -0.25) is 0 Å². The van der Waals surface area contributed by atoms with E-state index in [4.69, 9.17) is 28.2 Å². The largest absolute Gasteiger partial charge is 0.508 e. The summed E-state index contributed by atoms with van der Waals surface area (Å²) in [6.45, 7) is 0. The monoisotopic (exact) mass is 288 g/mol. The van der Waals surface area contributed by atoms with E-state index in [0.29, 0.717) is 15.3 Å². The van der Waals surface area contributed by atoms with Crippen molar-refractivity contribution in [2.24, 2.45) is 0 Å². The first-order valence-electron chi connectivity index (χ1n) is 5.66. The van der Waals surface area contributed by atoms with Gasteiger partial charge in [0.25, 0.3) is 0 Å². The zero-order chi connectivity index (χ0) is 13.4. The third-order valence-electron chi connectivity index (χ3n) is 2.88. The Labute approximate surface area is 119 Å². The number of phenolic OH excluding ortho intramolecular Hbond substituents is 1. The molecule has 1 heterocycles. The average molecular weight is 289 g/mol. The topological polar surface area (TPSA) is 33.4 Å². The SMILES string of the molecule is Oc1ccc2c(-c3ccc(Cl)cc3)cc(=S)oc2c1. The van der Waals surface area contributed by atoms with Crippen molar-refractivity contribution in [2.75, 3.05) is 0 Å². The van der Waals surface area contributed by atoms with Gasteiger partial charge in [-0.2, -0.15) is 0 Å². The molecule has 19 heavy (non-hydrogen) atoms. The van der Waals surface area contributed by atoms with E-state index in [2.05, 4.69) is 0 Å². The second-order valence-electron chi connectivity index (χ2n) is 4.17. The second-order valence-corrected chi connectivity index (χ2v) is 5.01. The first-order chi connectivity index (χ1) is 9.13. The number of hydrogen-bond acceptors (Lipinski definition) is 3. The molecular formula is C15H9ClO2S. The van der Waals surface area contributed by atoms with E-state index in [1.807, 2.05) is 30.3 Å². The Morgan fingerprint density at radius 3 is 2.47 bits per heavy atom. The highest BCUT2D eigenvalue weighted by atomic mass is 35.5. The highest BCUT2D eigenvalue weighted by Crippen LogP contribution is 2.31. The van der Waals surface area contributed by atoms with Crippen molar-refractivity contribution >= 4 is 34.8 Å². The Morgan fingerprint density at radius 2 is 1.74 bits per heavy atom. The summed E-state index contributed by atoms with van der Waals surface area (Å²) in [4.78, 5) is 0. The quantitative estimate of drug-likeness (QED) is 0.626. The third kappa shape index (κ3) is 2.35. The zero-order valence-electron chi connectivity index (χ0n) is 9.76. The highest BCUT2D eigenvalue weighted by molar-refractivity contribution is 7.71. The summed E-state index contributed by atoms with van der Waals surface area (Å²) in [6, 6.07) is 14.3. The van der Waals surface area contributed by atoms with Crippen LogP contribution in [0.25, 0.3) is 22.1 Å². The number of aromatic hydroxyl groups is 1. The zero-order valence-corrected chi connectivity index (χ0v) is 11.3. The summed E-state index contributed by atoms with van der Waals surface area (Å²) in [5.41, 5.74) is 2.53. The second kappa shape index (κ2) is 4.68. The van der Waals surface area contributed by atoms with Crippen LogP contribution >= 0.6 is 23.8 Å². The first kappa shape index (κ1) is 12.2. The summed E-state index contributed by atoms with van der Waals surface area (Å²) >= 11 is 11.0. The van der Waals surface area contributed by atoms with Gasteiger partial charge in [-0.15, -0.1) is 0 Å². The van der Waals surface area contributed by atoms with Gasteiger partial charge in [0.2, 0.25) is 0 Å². The minimum atomic E-state index is 0.152. The molecule has 0 saturated heterocycles. The molecule has 1 aromatic heterocycles. The van der Waals surface area contributed by atoms with Crippen molar-refractivity contribution in [1.82, 2.24) is 0 Å².